The molecule has 0 unspecified atom stereocenters. The number of carbonyl (C=O) groups excluding carboxylic acids is 2. The number of hydrogen-bond donors (Lipinski definition) is 1. The van der Waals surface area contributed by atoms with Crippen LogP contribution in [0, 0.1) is 0 Å². The number of hydrogen-bond acceptors (Lipinski definition) is 4. The number of carbonyl (C=O) groups is 2. The number of methoxy groups -OCH3 is 1. The Hall–Kier alpha value is -3.03. The molecule has 0 spiro atoms. The molecule has 27 heavy (non-hydrogen) atoms. The first-order chi connectivity index (χ1) is 13.0. The first-order valence-electron chi connectivity index (χ1n) is 8.98. The lowest BCUT2D eigenvalue weighted by Gasteiger charge is -2.34. The van der Waals surface area contributed by atoms with Gasteiger partial charge in [-0.3, -0.25) is 4.79 Å². The Kier molecular flexibility index (Phi) is 5.63. The number of ether oxygens (including phenoxy) is 1. The summed E-state index contributed by atoms with van der Waals surface area (Å²) in [6.45, 7) is 5.70. The molecule has 8 heteroatoms. The number of aromatic nitrogens is 2. The number of amides is 3. The third kappa shape index (κ3) is 4.21. The Morgan fingerprint density at radius 2 is 1.81 bits per heavy atom. The van der Waals surface area contributed by atoms with Crippen LogP contribution in [0.3, 0.4) is 0 Å². The SMILES string of the molecule is COc1ccccc1-n1cc([C@H](C)NC(=O)N2CCN(C(C)=O)CC2)cn1. The van der Waals surface area contributed by atoms with E-state index < -0.39 is 0 Å². The highest BCUT2D eigenvalue weighted by Crippen LogP contribution is 2.23. The first kappa shape index (κ1) is 18.8. The molecule has 1 aromatic heterocycles. The highest BCUT2D eigenvalue weighted by molar-refractivity contribution is 5.76. The molecule has 0 bridgehead atoms. The Bertz CT molecular complexity index is 811. The van der Waals surface area contributed by atoms with Crippen molar-refractivity contribution in [2.75, 3.05) is 33.3 Å². The van der Waals surface area contributed by atoms with E-state index >= 15 is 0 Å². The van der Waals surface area contributed by atoms with Crippen molar-refractivity contribution in [1.29, 1.82) is 0 Å². The summed E-state index contributed by atoms with van der Waals surface area (Å²) < 4.78 is 7.11. The third-order valence-corrected chi connectivity index (χ3v) is 4.79. The van der Waals surface area contributed by atoms with Gasteiger partial charge in [0.2, 0.25) is 5.91 Å². The van der Waals surface area contributed by atoms with Gasteiger partial charge < -0.3 is 19.9 Å². The van der Waals surface area contributed by atoms with Crippen molar-refractivity contribution in [3.8, 4) is 11.4 Å². The van der Waals surface area contributed by atoms with Gasteiger partial charge in [-0.1, -0.05) is 12.1 Å². The number of urea groups is 1. The van der Waals surface area contributed by atoms with Gasteiger partial charge in [-0.25, -0.2) is 9.48 Å². The molecular weight excluding hydrogens is 346 g/mol. The molecule has 3 amide bonds. The van der Waals surface area contributed by atoms with Gasteiger partial charge in [-0.2, -0.15) is 5.10 Å². The average molecular weight is 371 g/mol. The second-order valence-corrected chi connectivity index (χ2v) is 6.55. The molecule has 1 atom stereocenters. The van der Waals surface area contributed by atoms with Gasteiger partial charge in [0, 0.05) is 44.9 Å². The highest BCUT2D eigenvalue weighted by atomic mass is 16.5. The summed E-state index contributed by atoms with van der Waals surface area (Å²) in [6, 6.07) is 7.31. The van der Waals surface area contributed by atoms with E-state index in [1.165, 1.54) is 0 Å². The van der Waals surface area contributed by atoms with Gasteiger partial charge in [-0.15, -0.1) is 0 Å². The second-order valence-electron chi connectivity index (χ2n) is 6.55. The standard InChI is InChI=1S/C19H25N5O3/c1-14(21-19(26)23-10-8-22(9-11-23)15(2)25)16-12-20-24(13-16)17-6-4-5-7-18(17)27-3/h4-7,12-14H,8-11H2,1-3H3,(H,21,26)/t14-/m0/s1. The van der Waals surface area contributed by atoms with E-state index in [1.807, 2.05) is 37.4 Å². The van der Waals surface area contributed by atoms with E-state index in [1.54, 1.807) is 34.7 Å². The Morgan fingerprint density at radius 1 is 1.15 bits per heavy atom. The molecule has 3 rings (SSSR count). The minimum absolute atomic E-state index is 0.0483. The minimum atomic E-state index is -0.188. The maximum Gasteiger partial charge on any atom is 0.317 e. The van der Waals surface area contributed by atoms with Crippen molar-refractivity contribution in [1.82, 2.24) is 24.9 Å². The molecule has 1 aliphatic heterocycles. The predicted molar refractivity (Wildman–Crippen MR) is 101 cm³/mol. The summed E-state index contributed by atoms with van der Waals surface area (Å²) in [7, 11) is 1.62. The molecule has 8 nitrogen and oxygen atoms in total. The van der Waals surface area contributed by atoms with E-state index in [9.17, 15) is 9.59 Å². The average Bonchev–Trinajstić information content (AvgIpc) is 3.18. The van der Waals surface area contributed by atoms with Crippen molar-refractivity contribution in [2.45, 2.75) is 19.9 Å². The van der Waals surface area contributed by atoms with E-state index in [2.05, 4.69) is 10.4 Å². The lowest BCUT2D eigenvalue weighted by atomic mass is 10.2. The summed E-state index contributed by atoms with van der Waals surface area (Å²) in [5, 5.41) is 7.40. The zero-order valence-corrected chi connectivity index (χ0v) is 15.9. The molecule has 2 heterocycles. The molecule has 1 aromatic carbocycles. The van der Waals surface area contributed by atoms with Crippen molar-refractivity contribution >= 4 is 11.9 Å². The number of piperazine rings is 1. The van der Waals surface area contributed by atoms with Crippen LogP contribution < -0.4 is 10.1 Å². The van der Waals surface area contributed by atoms with Gasteiger partial charge in [0.15, 0.2) is 0 Å². The van der Waals surface area contributed by atoms with E-state index in [4.69, 9.17) is 4.74 Å². The third-order valence-electron chi connectivity index (χ3n) is 4.79. The van der Waals surface area contributed by atoms with Crippen LogP contribution in [0.5, 0.6) is 5.75 Å². The highest BCUT2D eigenvalue weighted by Gasteiger charge is 2.23. The summed E-state index contributed by atoms with van der Waals surface area (Å²) in [6.07, 6.45) is 3.63. The van der Waals surface area contributed by atoms with Crippen molar-refractivity contribution in [3.05, 3.63) is 42.2 Å². The fourth-order valence-corrected chi connectivity index (χ4v) is 3.10. The summed E-state index contributed by atoms with van der Waals surface area (Å²) >= 11 is 0. The fourth-order valence-electron chi connectivity index (χ4n) is 3.10. The molecule has 0 saturated carbocycles. The van der Waals surface area contributed by atoms with Crippen LogP contribution in [-0.2, 0) is 4.79 Å². The van der Waals surface area contributed by atoms with Crippen LogP contribution in [0.1, 0.15) is 25.5 Å². The molecule has 0 radical (unpaired) electrons. The Morgan fingerprint density at radius 3 is 2.48 bits per heavy atom. The van der Waals surface area contributed by atoms with Gasteiger partial charge in [-0.05, 0) is 19.1 Å². The molecule has 1 aliphatic rings. The number of para-hydroxylation sites is 2. The number of rotatable bonds is 4. The second kappa shape index (κ2) is 8.11. The van der Waals surface area contributed by atoms with Crippen LogP contribution in [0.25, 0.3) is 5.69 Å². The molecule has 0 aliphatic carbocycles. The van der Waals surface area contributed by atoms with E-state index in [0.29, 0.717) is 26.2 Å². The number of benzene rings is 1. The van der Waals surface area contributed by atoms with Crippen LogP contribution in [0.4, 0.5) is 4.79 Å². The maximum absolute atomic E-state index is 12.5. The maximum atomic E-state index is 12.5. The lowest BCUT2D eigenvalue weighted by molar-refractivity contribution is -0.130. The molecular formula is C19H25N5O3. The predicted octanol–water partition coefficient (Wildman–Crippen LogP) is 1.82. The zero-order chi connectivity index (χ0) is 19.4. The normalized spacial score (nSPS) is 15.4. The molecule has 1 fully saturated rings. The minimum Gasteiger partial charge on any atom is -0.494 e. The quantitative estimate of drug-likeness (QED) is 0.889. The first-order valence-corrected chi connectivity index (χ1v) is 8.98. The molecule has 144 valence electrons. The molecule has 1 saturated heterocycles. The van der Waals surface area contributed by atoms with Crippen LogP contribution in [-0.4, -0.2) is 64.8 Å². The van der Waals surface area contributed by atoms with E-state index in [0.717, 1.165) is 17.0 Å². The van der Waals surface area contributed by atoms with Gasteiger partial charge in [0.05, 0.1) is 19.3 Å². The lowest BCUT2D eigenvalue weighted by Crippen LogP contribution is -2.53. The van der Waals surface area contributed by atoms with Crippen LogP contribution in [0.15, 0.2) is 36.7 Å². The summed E-state index contributed by atoms with van der Waals surface area (Å²) in [5.41, 5.74) is 1.74. The largest absolute Gasteiger partial charge is 0.494 e. The van der Waals surface area contributed by atoms with Gasteiger partial charge in [0.25, 0.3) is 0 Å². The zero-order valence-electron chi connectivity index (χ0n) is 15.9. The molecule has 1 N–H and O–H groups in total. The smallest absolute Gasteiger partial charge is 0.317 e. The van der Waals surface area contributed by atoms with Crippen molar-refractivity contribution < 1.29 is 14.3 Å². The monoisotopic (exact) mass is 371 g/mol. The van der Waals surface area contributed by atoms with Crippen LogP contribution in [0.2, 0.25) is 0 Å². The number of nitrogens with one attached hydrogen (secondary N) is 1. The van der Waals surface area contributed by atoms with Crippen molar-refractivity contribution in [3.63, 3.8) is 0 Å². The van der Waals surface area contributed by atoms with Crippen LogP contribution >= 0.6 is 0 Å². The number of nitrogens with zero attached hydrogens (tertiary/aromatic N) is 4. The van der Waals surface area contributed by atoms with Gasteiger partial charge >= 0.3 is 6.03 Å². The topological polar surface area (TPSA) is 79.7 Å². The van der Waals surface area contributed by atoms with Crippen molar-refractivity contribution in [2.24, 2.45) is 0 Å². The molecule has 2 aromatic rings. The summed E-state index contributed by atoms with van der Waals surface area (Å²) in [5.74, 6) is 0.777. The van der Waals surface area contributed by atoms with Gasteiger partial charge in [0.1, 0.15) is 11.4 Å². The van der Waals surface area contributed by atoms with E-state index in [-0.39, 0.29) is 18.0 Å². The summed E-state index contributed by atoms with van der Waals surface area (Å²) in [4.78, 5) is 27.4. The Balaban J connectivity index is 1.62. The Labute approximate surface area is 158 Å². The fraction of sp³-hybridized carbons (Fsp3) is 0.421.